The number of fused-ring (bicyclic) bond motifs is 1. The first-order valence-electron chi connectivity index (χ1n) is 7.99. The van der Waals surface area contributed by atoms with E-state index in [0.29, 0.717) is 6.61 Å². The fourth-order valence-corrected chi connectivity index (χ4v) is 3.10. The zero-order chi connectivity index (χ0) is 15.5. The molecule has 3 rings (SSSR count). The number of aromatic nitrogens is 2. The molecule has 5 nitrogen and oxygen atoms in total. The van der Waals surface area contributed by atoms with Crippen molar-refractivity contribution >= 4 is 11.6 Å². The number of hydrogen-bond acceptors (Lipinski definition) is 4. The lowest BCUT2D eigenvalue weighted by molar-refractivity contribution is -0.149. The second-order valence-electron chi connectivity index (χ2n) is 5.96. The first-order valence-corrected chi connectivity index (χ1v) is 7.99. The molecule has 118 valence electrons. The molecule has 0 unspecified atom stereocenters. The molecule has 0 N–H and O–H groups in total. The molecule has 1 aliphatic heterocycles. The van der Waals surface area contributed by atoms with Crippen LogP contribution in [0.15, 0.2) is 24.5 Å². The van der Waals surface area contributed by atoms with E-state index in [9.17, 15) is 4.79 Å². The van der Waals surface area contributed by atoms with Crippen LogP contribution in [0.1, 0.15) is 31.0 Å². The molecular weight excluding hydrogens is 278 g/mol. The van der Waals surface area contributed by atoms with Crippen LogP contribution < -0.4 is 0 Å². The van der Waals surface area contributed by atoms with Gasteiger partial charge >= 0.3 is 5.97 Å². The molecule has 0 atom stereocenters. The molecular formula is C17H23N3O2. The van der Waals surface area contributed by atoms with E-state index >= 15 is 0 Å². The number of hydrogen-bond donors (Lipinski definition) is 0. The quantitative estimate of drug-likeness (QED) is 0.814. The highest BCUT2D eigenvalue weighted by Crippen LogP contribution is 2.20. The van der Waals surface area contributed by atoms with Gasteiger partial charge < -0.3 is 9.14 Å². The summed E-state index contributed by atoms with van der Waals surface area (Å²) < 4.78 is 7.19. The van der Waals surface area contributed by atoms with Crippen molar-refractivity contribution in [3.8, 4) is 0 Å². The summed E-state index contributed by atoms with van der Waals surface area (Å²) in [6.07, 6.45) is 5.89. The largest absolute Gasteiger partial charge is 0.466 e. The molecule has 0 saturated carbocycles. The Labute approximate surface area is 130 Å². The highest BCUT2D eigenvalue weighted by Gasteiger charge is 2.26. The van der Waals surface area contributed by atoms with Crippen molar-refractivity contribution in [1.82, 2.24) is 14.3 Å². The summed E-state index contributed by atoms with van der Waals surface area (Å²) in [6.45, 7) is 7.11. The Balaban J connectivity index is 1.60. The summed E-state index contributed by atoms with van der Waals surface area (Å²) in [6, 6.07) is 4.12. The zero-order valence-electron chi connectivity index (χ0n) is 13.3. The molecule has 1 saturated heterocycles. The Bertz CT molecular complexity index is 657. The summed E-state index contributed by atoms with van der Waals surface area (Å²) >= 11 is 0. The van der Waals surface area contributed by atoms with Crippen molar-refractivity contribution in [2.24, 2.45) is 5.92 Å². The number of imidazole rings is 1. The van der Waals surface area contributed by atoms with Crippen molar-refractivity contribution in [2.45, 2.75) is 33.2 Å². The number of ether oxygens (including phenoxy) is 1. The van der Waals surface area contributed by atoms with Gasteiger partial charge in [0.25, 0.3) is 0 Å². The monoisotopic (exact) mass is 301 g/mol. The third kappa shape index (κ3) is 3.14. The summed E-state index contributed by atoms with van der Waals surface area (Å²) in [4.78, 5) is 18.8. The SMILES string of the molecule is CCOC(=O)C1CCN(Cc2cn3cccc(C)c3n2)CC1. The average molecular weight is 301 g/mol. The molecule has 1 fully saturated rings. The Hall–Kier alpha value is -1.88. The molecule has 1 aliphatic rings. The van der Waals surface area contributed by atoms with Gasteiger partial charge in [-0.3, -0.25) is 9.69 Å². The van der Waals surface area contributed by atoms with Crippen LogP contribution in [-0.2, 0) is 16.1 Å². The van der Waals surface area contributed by atoms with Crippen molar-refractivity contribution < 1.29 is 9.53 Å². The van der Waals surface area contributed by atoms with E-state index in [1.54, 1.807) is 0 Å². The van der Waals surface area contributed by atoms with Crippen LogP contribution in [0.5, 0.6) is 0 Å². The van der Waals surface area contributed by atoms with E-state index in [2.05, 4.69) is 28.5 Å². The first kappa shape index (κ1) is 15.0. The van der Waals surface area contributed by atoms with Gasteiger partial charge in [-0.1, -0.05) is 6.07 Å². The number of likely N-dealkylation sites (tertiary alicyclic amines) is 1. The first-order chi connectivity index (χ1) is 10.7. The Kier molecular flexibility index (Phi) is 4.43. The number of nitrogens with zero attached hydrogens (tertiary/aromatic N) is 3. The van der Waals surface area contributed by atoms with E-state index in [1.807, 2.05) is 19.2 Å². The van der Waals surface area contributed by atoms with Crippen LogP contribution in [0.25, 0.3) is 5.65 Å². The summed E-state index contributed by atoms with van der Waals surface area (Å²) in [5.41, 5.74) is 3.30. The zero-order valence-corrected chi connectivity index (χ0v) is 13.3. The van der Waals surface area contributed by atoms with Gasteiger partial charge in [-0.05, 0) is 51.4 Å². The van der Waals surface area contributed by atoms with Crippen LogP contribution in [0, 0.1) is 12.8 Å². The number of pyridine rings is 1. The highest BCUT2D eigenvalue weighted by molar-refractivity contribution is 5.72. The van der Waals surface area contributed by atoms with Crippen LogP contribution in [0.2, 0.25) is 0 Å². The number of piperidine rings is 1. The molecule has 2 aromatic heterocycles. The summed E-state index contributed by atoms with van der Waals surface area (Å²) in [5, 5.41) is 0. The number of esters is 1. The Morgan fingerprint density at radius 3 is 2.86 bits per heavy atom. The second-order valence-corrected chi connectivity index (χ2v) is 5.96. The fraction of sp³-hybridized carbons (Fsp3) is 0.529. The van der Waals surface area contributed by atoms with Crippen LogP contribution in [0.4, 0.5) is 0 Å². The minimum atomic E-state index is -0.0366. The Morgan fingerprint density at radius 2 is 2.18 bits per heavy atom. The minimum Gasteiger partial charge on any atom is -0.466 e. The molecule has 0 aliphatic carbocycles. The van der Waals surface area contributed by atoms with Crippen molar-refractivity contribution in [3.63, 3.8) is 0 Å². The van der Waals surface area contributed by atoms with Gasteiger partial charge in [-0.25, -0.2) is 4.98 Å². The molecule has 22 heavy (non-hydrogen) atoms. The molecule has 0 radical (unpaired) electrons. The second kappa shape index (κ2) is 6.48. The lowest BCUT2D eigenvalue weighted by atomic mass is 9.97. The number of rotatable bonds is 4. The number of carbonyl (C=O) groups excluding carboxylic acids is 1. The van der Waals surface area contributed by atoms with Crippen LogP contribution in [0.3, 0.4) is 0 Å². The lowest BCUT2D eigenvalue weighted by Crippen LogP contribution is -2.36. The lowest BCUT2D eigenvalue weighted by Gasteiger charge is -2.30. The molecule has 3 heterocycles. The van der Waals surface area contributed by atoms with Crippen LogP contribution >= 0.6 is 0 Å². The standard InChI is InChI=1S/C17H23N3O2/c1-3-22-17(21)14-6-9-19(10-7-14)11-15-12-20-8-4-5-13(2)16(20)18-15/h4-5,8,12,14H,3,6-7,9-11H2,1-2H3. The molecule has 0 spiro atoms. The molecule has 0 amide bonds. The molecule has 0 bridgehead atoms. The summed E-state index contributed by atoms with van der Waals surface area (Å²) in [7, 11) is 0. The predicted octanol–water partition coefficient (Wildman–Crippen LogP) is 2.42. The Morgan fingerprint density at radius 1 is 1.41 bits per heavy atom. The van der Waals surface area contributed by atoms with Crippen molar-refractivity contribution in [3.05, 3.63) is 35.8 Å². The third-order valence-electron chi connectivity index (χ3n) is 4.32. The fourth-order valence-electron chi connectivity index (χ4n) is 3.10. The van der Waals surface area contributed by atoms with Gasteiger partial charge in [0, 0.05) is 18.9 Å². The number of carbonyl (C=O) groups is 1. The van der Waals surface area contributed by atoms with E-state index in [0.717, 1.165) is 43.8 Å². The van der Waals surface area contributed by atoms with Crippen LogP contribution in [-0.4, -0.2) is 40.0 Å². The summed E-state index contributed by atoms with van der Waals surface area (Å²) in [5.74, 6) is 0.0324. The predicted molar refractivity (Wildman–Crippen MR) is 84.6 cm³/mol. The van der Waals surface area contributed by atoms with Gasteiger partial charge in [-0.2, -0.15) is 0 Å². The van der Waals surface area contributed by atoms with Gasteiger partial charge in [0.1, 0.15) is 5.65 Å². The molecule has 0 aromatic carbocycles. The maximum atomic E-state index is 11.8. The van der Waals surface area contributed by atoms with E-state index in [-0.39, 0.29) is 11.9 Å². The molecule has 2 aromatic rings. The smallest absolute Gasteiger partial charge is 0.309 e. The van der Waals surface area contributed by atoms with Gasteiger partial charge in [0.2, 0.25) is 0 Å². The van der Waals surface area contributed by atoms with Crippen molar-refractivity contribution in [2.75, 3.05) is 19.7 Å². The normalized spacial score (nSPS) is 17.0. The maximum Gasteiger partial charge on any atom is 0.309 e. The van der Waals surface area contributed by atoms with E-state index in [1.165, 1.54) is 5.56 Å². The van der Waals surface area contributed by atoms with Gasteiger partial charge in [-0.15, -0.1) is 0 Å². The molecule has 5 heteroatoms. The van der Waals surface area contributed by atoms with Gasteiger partial charge in [0.05, 0.1) is 18.2 Å². The van der Waals surface area contributed by atoms with Gasteiger partial charge in [0.15, 0.2) is 0 Å². The minimum absolute atomic E-state index is 0.0366. The topological polar surface area (TPSA) is 46.8 Å². The van der Waals surface area contributed by atoms with E-state index in [4.69, 9.17) is 9.72 Å². The van der Waals surface area contributed by atoms with E-state index < -0.39 is 0 Å². The number of aryl methyl sites for hydroxylation is 1. The third-order valence-corrected chi connectivity index (χ3v) is 4.32. The average Bonchev–Trinajstić information content (AvgIpc) is 2.92. The van der Waals surface area contributed by atoms with Crippen molar-refractivity contribution in [1.29, 1.82) is 0 Å². The highest BCUT2D eigenvalue weighted by atomic mass is 16.5. The maximum absolute atomic E-state index is 11.8.